The fourth-order valence-electron chi connectivity index (χ4n) is 1.58. The van der Waals surface area contributed by atoms with Crippen molar-refractivity contribution in [2.75, 3.05) is 13.2 Å². The zero-order valence-corrected chi connectivity index (χ0v) is 11.5. The Morgan fingerprint density at radius 3 is 2.74 bits per heavy atom. The molecule has 4 heteroatoms. The Labute approximate surface area is 113 Å². The third-order valence-corrected chi connectivity index (χ3v) is 2.55. The Balaban J connectivity index is 0.000000312. The van der Waals surface area contributed by atoms with Gasteiger partial charge in [0.15, 0.2) is 0 Å². The van der Waals surface area contributed by atoms with Crippen LogP contribution in [0.4, 0.5) is 0 Å². The molecule has 0 unspecified atom stereocenters. The lowest BCUT2D eigenvalue weighted by Crippen LogP contribution is -1.96. The molecule has 104 valence electrons. The lowest BCUT2D eigenvalue weighted by molar-refractivity contribution is -0.128. The summed E-state index contributed by atoms with van der Waals surface area (Å²) in [5.41, 5.74) is 1.14. The molecule has 4 nitrogen and oxygen atoms in total. The van der Waals surface area contributed by atoms with E-state index in [1.807, 2.05) is 18.3 Å². The molecule has 0 bridgehead atoms. The molecular formula is C15H21NO3. The van der Waals surface area contributed by atoms with Crippen molar-refractivity contribution in [3.63, 3.8) is 0 Å². The summed E-state index contributed by atoms with van der Waals surface area (Å²) < 4.78 is 9.85. The average Bonchev–Trinajstić information content (AvgIpc) is 2.90. The van der Waals surface area contributed by atoms with Gasteiger partial charge >= 0.3 is 0 Å². The second-order valence-electron chi connectivity index (χ2n) is 3.95. The lowest BCUT2D eigenvalue weighted by atomic mass is 10.2. The first-order chi connectivity index (χ1) is 9.33. The molecule has 0 aliphatic rings. The van der Waals surface area contributed by atoms with E-state index in [4.69, 9.17) is 4.74 Å². The van der Waals surface area contributed by atoms with Crippen molar-refractivity contribution >= 4 is 17.4 Å². The Bertz CT molecular complexity index is 479. The van der Waals surface area contributed by atoms with Crippen LogP contribution in [0, 0.1) is 0 Å². The van der Waals surface area contributed by atoms with Gasteiger partial charge in [0.1, 0.15) is 5.75 Å². The van der Waals surface area contributed by atoms with Crippen LogP contribution in [0.1, 0.15) is 26.7 Å². The minimum atomic E-state index is 0.431. The monoisotopic (exact) mass is 263 g/mol. The van der Waals surface area contributed by atoms with Crippen LogP contribution in [0.5, 0.6) is 5.75 Å². The quantitative estimate of drug-likeness (QED) is 0.640. The fraction of sp³-hybridized carbons (Fsp3) is 0.400. The van der Waals surface area contributed by atoms with E-state index in [9.17, 15) is 4.79 Å². The van der Waals surface area contributed by atoms with E-state index in [-0.39, 0.29) is 0 Å². The normalized spacial score (nSPS) is 9.58. The van der Waals surface area contributed by atoms with Gasteiger partial charge < -0.3 is 14.5 Å². The first-order valence-corrected chi connectivity index (χ1v) is 6.57. The maximum absolute atomic E-state index is 9.18. The van der Waals surface area contributed by atoms with Crippen LogP contribution in [0.3, 0.4) is 0 Å². The van der Waals surface area contributed by atoms with Gasteiger partial charge in [0, 0.05) is 17.1 Å². The van der Waals surface area contributed by atoms with E-state index >= 15 is 0 Å². The molecule has 0 atom stereocenters. The Morgan fingerprint density at radius 1 is 1.26 bits per heavy atom. The third kappa shape index (κ3) is 5.04. The smallest absolute Gasteiger partial charge is 0.293 e. The standard InChI is InChI=1S/C12H15NO.C3H6O2/c1-2-3-9-14-12-6-4-5-11-10(12)7-8-13-11;1-2-5-3-4/h4-8,13H,2-3,9H2,1H3;3H,2H2,1H3. The summed E-state index contributed by atoms with van der Waals surface area (Å²) in [4.78, 5) is 12.4. The van der Waals surface area contributed by atoms with E-state index in [1.165, 1.54) is 11.8 Å². The molecule has 2 rings (SSSR count). The topological polar surface area (TPSA) is 51.3 Å². The van der Waals surface area contributed by atoms with Crippen LogP contribution in [-0.2, 0) is 9.53 Å². The zero-order valence-electron chi connectivity index (χ0n) is 11.5. The van der Waals surface area contributed by atoms with Crippen LogP contribution in [0.2, 0.25) is 0 Å². The molecule has 19 heavy (non-hydrogen) atoms. The number of hydrogen-bond acceptors (Lipinski definition) is 3. The Morgan fingerprint density at radius 2 is 2.11 bits per heavy atom. The minimum Gasteiger partial charge on any atom is -0.493 e. The van der Waals surface area contributed by atoms with Gasteiger partial charge in [-0.15, -0.1) is 0 Å². The number of ether oxygens (including phenoxy) is 2. The van der Waals surface area contributed by atoms with Gasteiger partial charge in [-0.3, -0.25) is 4.79 Å². The summed E-state index contributed by atoms with van der Waals surface area (Å²) in [7, 11) is 0. The van der Waals surface area contributed by atoms with Crippen LogP contribution in [0.25, 0.3) is 10.9 Å². The maximum Gasteiger partial charge on any atom is 0.293 e. The number of carbonyl (C=O) groups is 1. The number of nitrogens with one attached hydrogen (secondary N) is 1. The number of fused-ring (bicyclic) bond motifs is 1. The molecule has 0 radical (unpaired) electrons. The molecule has 0 aliphatic carbocycles. The van der Waals surface area contributed by atoms with Crippen LogP contribution >= 0.6 is 0 Å². The first kappa shape index (κ1) is 15.1. The molecule has 2 aromatic rings. The number of H-pyrrole nitrogens is 1. The van der Waals surface area contributed by atoms with E-state index in [1.54, 1.807) is 6.92 Å². The minimum absolute atomic E-state index is 0.431. The molecule has 0 aliphatic heterocycles. The molecule has 0 saturated carbocycles. The van der Waals surface area contributed by atoms with Crippen molar-refractivity contribution in [3.05, 3.63) is 30.5 Å². The van der Waals surface area contributed by atoms with Crippen molar-refractivity contribution in [1.82, 2.24) is 4.98 Å². The van der Waals surface area contributed by atoms with Crippen LogP contribution in [-0.4, -0.2) is 24.7 Å². The molecule has 0 spiro atoms. The van der Waals surface area contributed by atoms with Gasteiger partial charge in [0.25, 0.3) is 6.47 Å². The van der Waals surface area contributed by atoms with Gasteiger partial charge in [0.2, 0.25) is 0 Å². The average molecular weight is 263 g/mol. The highest BCUT2D eigenvalue weighted by molar-refractivity contribution is 5.85. The predicted molar refractivity (Wildman–Crippen MR) is 76.4 cm³/mol. The number of hydrogen-bond donors (Lipinski definition) is 1. The van der Waals surface area contributed by atoms with Crippen LogP contribution in [0.15, 0.2) is 30.5 Å². The van der Waals surface area contributed by atoms with Crippen molar-refractivity contribution in [1.29, 1.82) is 0 Å². The highest BCUT2D eigenvalue weighted by Gasteiger charge is 2.01. The van der Waals surface area contributed by atoms with E-state index in [2.05, 4.69) is 28.8 Å². The molecule has 1 aromatic heterocycles. The summed E-state index contributed by atoms with van der Waals surface area (Å²) in [6.45, 7) is 5.64. The van der Waals surface area contributed by atoms with Gasteiger partial charge in [-0.25, -0.2) is 0 Å². The fourth-order valence-corrected chi connectivity index (χ4v) is 1.58. The predicted octanol–water partition coefficient (Wildman–Crippen LogP) is 3.53. The lowest BCUT2D eigenvalue weighted by Gasteiger charge is -2.05. The summed E-state index contributed by atoms with van der Waals surface area (Å²) in [6.07, 6.45) is 4.22. The highest BCUT2D eigenvalue weighted by atomic mass is 16.5. The Kier molecular flexibility index (Phi) is 7.17. The zero-order chi connectivity index (χ0) is 13.9. The molecule has 1 N–H and O–H groups in total. The van der Waals surface area contributed by atoms with E-state index in [0.29, 0.717) is 13.1 Å². The number of carbonyl (C=O) groups excluding carboxylic acids is 1. The second kappa shape index (κ2) is 9.03. The van der Waals surface area contributed by atoms with Crippen molar-refractivity contribution in [3.8, 4) is 5.75 Å². The summed E-state index contributed by atoms with van der Waals surface area (Å²) >= 11 is 0. The number of benzene rings is 1. The van der Waals surface area contributed by atoms with Crippen molar-refractivity contribution in [2.24, 2.45) is 0 Å². The third-order valence-electron chi connectivity index (χ3n) is 2.55. The van der Waals surface area contributed by atoms with Gasteiger partial charge in [-0.2, -0.15) is 0 Å². The maximum atomic E-state index is 9.18. The summed E-state index contributed by atoms with van der Waals surface area (Å²) in [5.74, 6) is 0.984. The van der Waals surface area contributed by atoms with E-state index < -0.39 is 0 Å². The number of aromatic nitrogens is 1. The molecule has 1 heterocycles. The summed E-state index contributed by atoms with van der Waals surface area (Å²) in [6, 6.07) is 8.14. The molecule has 0 fully saturated rings. The molecule has 1 aromatic carbocycles. The van der Waals surface area contributed by atoms with E-state index in [0.717, 1.165) is 24.3 Å². The second-order valence-corrected chi connectivity index (χ2v) is 3.95. The SMILES string of the molecule is CCCCOc1cccc2[nH]ccc12.CCOC=O. The van der Waals surface area contributed by atoms with Gasteiger partial charge in [-0.1, -0.05) is 19.4 Å². The molecule has 0 amide bonds. The first-order valence-electron chi connectivity index (χ1n) is 6.57. The largest absolute Gasteiger partial charge is 0.493 e. The van der Waals surface area contributed by atoms with Crippen molar-refractivity contribution < 1.29 is 14.3 Å². The van der Waals surface area contributed by atoms with Crippen molar-refractivity contribution in [2.45, 2.75) is 26.7 Å². The number of unbranched alkanes of at least 4 members (excludes halogenated alkanes) is 1. The van der Waals surface area contributed by atoms with Gasteiger partial charge in [0.05, 0.1) is 13.2 Å². The van der Waals surface area contributed by atoms with Crippen LogP contribution < -0.4 is 4.74 Å². The summed E-state index contributed by atoms with van der Waals surface area (Å²) in [5, 5.41) is 1.17. The number of rotatable bonds is 6. The van der Waals surface area contributed by atoms with Gasteiger partial charge in [-0.05, 0) is 31.5 Å². The highest BCUT2D eigenvalue weighted by Crippen LogP contribution is 2.24. The molecular weight excluding hydrogens is 242 g/mol. The molecule has 0 saturated heterocycles. The Hall–Kier alpha value is -1.97. The number of aromatic amines is 1.